The number of amides is 1. The minimum atomic E-state index is -0.318. The summed E-state index contributed by atoms with van der Waals surface area (Å²) in [6, 6.07) is 2.68. The molecule has 1 rings (SSSR count). The fraction of sp³-hybridized carbons (Fsp3) is 0.500. The maximum absolute atomic E-state index is 11.6. The summed E-state index contributed by atoms with van der Waals surface area (Å²) in [5.74, 6) is -0.280. The summed E-state index contributed by atoms with van der Waals surface area (Å²) < 4.78 is 0. The zero-order valence-electron chi connectivity index (χ0n) is 9.13. The largest absolute Gasteiger partial charge is 0.346 e. The summed E-state index contributed by atoms with van der Waals surface area (Å²) in [6.45, 7) is 5.84. The van der Waals surface area contributed by atoms with Gasteiger partial charge in [0.2, 0.25) is 0 Å². The number of carbonyl (C=O) groups is 1. The predicted molar refractivity (Wildman–Crippen MR) is 56.7 cm³/mol. The Morgan fingerprint density at radius 1 is 1.53 bits per heavy atom. The van der Waals surface area contributed by atoms with Gasteiger partial charge in [-0.1, -0.05) is 6.92 Å². The van der Waals surface area contributed by atoms with Crippen molar-refractivity contribution in [2.45, 2.75) is 32.7 Å². The monoisotopic (exact) mass is 209 g/mol. The number of hydrogen-bond donors (Lipinski definition) is 2. The molecule has 1 amide bonds. The lowest BCUT2D eigenvalue weighted by molar-refractivity contribution is 0.0905. The van der Waals surface area contributed by atoms with Crippen LogP contribution in [0.3, 0.4) is 0 Å². The number of aromatic nitrogens is 2. The zero-order chi connectivity index (χ0) is 11.5. The van der Waals surface area contributed by atoms with Crippen molar-refractivity contribution in [3.05, 3.63) is 28.2 Å². The van der Waals surface area contributed by atoms with E-state index in [0.717, 1.165) is 6.42 Å². The molecule has 0 aromatic carbocycles. The van der Waals surface area contributed by atoms with E-state index >= 15 is 0 Å². The van der Waals surface area contributed by atoms with Crippen LogP contribution < -0.4 is 10.9 Å². The third-order valence-corrected chi connectivity index (χ3v) is 2.25. The quantitative estimate of drug-likeness (QED) is 0.769. The van der Waals surface area contributed by atoms with Crippen LogP contribution >= 0.6 is 0 Å². The van der Waals surface area contributed by atoms with Crippen molar-refractivity contribution in [2.75, 3.05) is 0 Å². The first-order valence-corrected chi connectivity index (χ1v) is 4.83. The fourth-order valence-corrected chi connectivity index (χ4v) is 0.931. The molecule has 0 saturated carbocycles. The number of hydrogen-bond acceptors (Lipinski definition) is 3. The van der Waals surface area contributed by atoms with Crippen molar-refractivity contribution in [1.82, 2.24) is 15.5 Å². The summed E-state index contributed by atoms with van der Waals surface area (Å²) in [4.78, 5) is 22.4. The Hall–Kier alpha value is -1.65. The number of aromatic amines is 1. The van der Waals surface area contributed by atoms with Crippen LogP contribution in [-0.4, -0.2) is 21.6 Å². The van der Waals surface area contributed by atoms with Crippen LogP contribution in [0.4, 0.5) is 0 Å². The molecule has 0 aliphatic heterocycles. The zero-order valence-corrected chi connectivity index (χ0v) is 9.13. The van der Waals surface area contributed by atoms with Crippen LogP contribution in [0.2, 0.25) is 0 Å². The van der Waals surface area contributed by atoms with E-state index in [1.165, 1.54) is 12.1 Å². The smallest absolute Gasteiger partial charge is 0.272 e. The molecule has 0 aliphatic rings. The van der Waals surface area contributed by atoms with Gasteiger partial charge in [0.15, 0.2) is 0 Å². The first-order valence-electron chi connectivity index (χ1n) is 4.83. The topological polar surface area (TPSA) is 74.8 Å². The molecule has 1 heterocycles. The highest BCUT2D eigenvalue weighted by Crippen LogP contribution is 2.07. The van der Waals surface area contributed by atoms with Crippen molar-refractivity contribution in [1.29, 1.82) is 0 Å². The highest BCUT2D eigenvalue weighted by atomic mass is 16.2. The minimum absolute atomic E-state index is 0.219. The second-order valence-electron chi connectivity index (χ2n) is 4.00. The first kappa shape index (κ1) is 11.4. The van der Waals surface area contributed by atoms with Gasteiger partial charge >= 0.3 is 0 Å². The van der Waals surface area contributed by atoms with Gasteiger partial charge in [0.25, 0.3) is 11.5 Å². The Morgan fingerprint density at radius 2 is 2.20 bits per heavy atom. The van der Waals surface area contributed by atoms with E-state index in [0.29, 0.717) is 0 Å². The van der Waals surface area contributed by atoms with Gasteiger partial charge in [-0.2, -0.15) is 5.10 Å². The molecule has 5 heteroatoms. The maximum atomic E-state index is 11.6. The van der Waals surface area contributed by atoms with Gasteiger partial charge < -0.3 is 5.32 Å². The van der Waals surface area contributed by atoms with Gasteiger partial charge in [-0.15, -0.1) is 0 Å². The summed E-state index contributed by atoms with van der Waals surface area (Å²) >= 11 is 0. The number of carbonyl (C=O) groups excluding carboxylic acids is 1. The van der Waals surface area contributed by atoms with Crippen molar-refractivity contribution < 1.29 is 4.79 Å². The Labute approximate surface area is 87.9 Å². The average Bonchev–Trinajstić information content (AvgIpc) is 2.18. The van der Waals surface area contributed by atoms with Gasteiger partial charge in [-0.3, -0.25) is 9.59 Å². The highest BCUT2D eigenvalue weighted by Gasteiger charge is 2.19. The molecular weight excluding hydrogens is 194 g/mol. The maximum Gasteiger partial charge on any atom is 0.272 e. The van der Waals surface area contributed by atoms with Crippen molar-refractivity contribution >= 4 is 5.91 Å². The molecule has 5 nitrogen and oxygen atoms in total. The van der Waals surface area contributed by atoms with E-state index in [2.05, 4.69) is 15.5 Å². The lowest BCUT2D eigenvalue weighted by Crippen LogP contribution is -2.43. The SMILES string of the molecule is CCC(C)(C)NC(=O)c1ccc(=O)[nH]n1. The lowest BCUT2D eigenvalue weighted by atomic mass is 10.0. The van der Waals surface area contributed by atoms with Gasteiger partial charge in [-0.25, -0.2) is 5.10 Å². The minimum Gasteiger partial charge on any atom is -0.346 e. The molecule has 2 N–H and O–H groups in total. The van der Waals surface area contributed by atoms with Crippen LogP contribution in [0.5, 0.6) is 0 Å². The first-order chi connectivity index (χ1) is 6.94. The van der Waals surface area contributed by atoms with E-state index in [1.54, 1.807) is 0 Å². The Kier molecular flexibility index (Phi) is 3.24. The summed E-state index contributed by atoms with van der Waals surface area (Å²) in [5, 5.41) is 8.68. The molecule has 0 unspecified atom stereocenters. The molecular formula is C10H15N3O2. The van der Waals surface area contributed by atoms with Gasteiger partial charge in [0.05, 0.1) is 0 Å². The van der Waals surface area contributed by atoms with Gasteiger partial charge in [0, 0.05) is 11.6 Å². The highest BCUT2D eigenvalue weighted by molar-refractivity contribution is 5.92. The van der Waals surface area contributed by atoms with Crippen LogP contribution in [0.25, 0.3) is 0 Å². The van der Waals surface area contributed by atoms with Crippen molar-refractivity contribution in [3.8, 4) is 0 Å². The van der Waals surface area contributed by atoms with Crippen molar-refractivity contribution in [3.63, 3.8) is 0 Å². The summed E-state index contributed by atoms with van der Waals surface area (Å²) in [7, 11) is 0. The van der Waals surface area contributed by atoms with Crippen LogP contribution in [-0.2, 0) is 0 Å². The average molecular weight is 209 g/mol. The Balaban J connectivity index is 2.78. The normalized spacial score (nSPS) is 11.1. The van der Waals surface area contributed by atoms with E-state index in [-0.39, 0.29) is 22.7 Å². The number of H-pyrrole nitrogens is 1. The van der Waals surface area contributed by atoms with Crippen LogP contribution in [0.1, 0.15) is 37.7 Å². The number of rotatable bonds is 3. The second kappa shape index (κ2) is 4.25. The molecule has 0 aliphatic carbocycles. The summed E-state index contributed by atoms with van der Waals surface area (Å²) in [5.41, 5.74) is -0.369. The van der Waals surface area contributed by atoms with E-state index in [9.17, 15) is 9.59 Å². The third-order valence-electron chi connectivity index (χ3n) is 2.25. The molecule has 1 aromatic rings. The van der Waals surface area contributed by atoms with Gasteiger partial charge in [0.1, 0.15) is 5.69 Å². The molecule has 15 heavy (non-hydrogen) atoms. The molecule has 0 bridgehead atoms. The van der Waals surface area contributed by atoms with Crippen LogP contribution in [0, 0.1) is 0 Å². The third kappa shape index (κ3) is 3.19. The fourth-order valence-electron chi connectivity index (χ4n) is 0.931. The molecule has 0 atom stereocenters. The van der Waals surface area contributed by atoms with E-state index in [4.69, 9.17) is 0 Å². The molecule has 0 radical (unpaired) electrons. The van der Waals surface area contributed by atoms with E-state index in [1.807, 2.05) is 20.8 Å². The lowest BCUT2D eigenvalue weighted by Gasteiger charge is -2.23. The Bertz CT molecular complexity index is 389. The van der Waals surface area contributed by atoms with Crippen LogP contribution in [0.15, 0.2) is 16.9 Å². The Morgan fingerprint density at radius 3 is 2.67 bits per heavy atom. The molecule has 0 fully saturated rings. The van der Waals surface area contributed by atoms with Crippen molar-refractivity contribution in [2.24, 2.45) is 0 Å². The molecule has 0 spiro atoms. The van der Waals surface area contributed by atoms with E-state index < -0.39 is 0 Å². The molecule has 82 valence electrons. The van der Waals surface area contributed by atoms with Gasteiger partial charge in [-0.05, 0) is 26.3 Å². The number of nitrogens with one attached hydrogen (secondary N) is 2. The number of nitrogens with zero attached hydrogens (tertiary/aromatic N) is 1. The predicted octanol–water partition coefficient (Wildman–Crippen LogP) is 0.688. The molecule has 0 saturated heterocycles. The summed E-state index contributed by atoms with van der Waals surface area (Å²) in [6.07, 6.45) is 0.822. The molecule has 1 aromatic heterocycles. The standard InChI is InChI=1S/C10H15N3O2/c1-4-10(2,3)11-9(15)7-5-6-8(14)13-12-7/h5-6H,4H2,1-3H3,(H,11,15)(H,13,14). The second-order valence-corrected chi connectivity index (χ2v) is 4.00.